The molecule has 7 nitrogen and oxygen atoms in total. The van der Waals surface area contributed by atoms with Gasteiger partial charge in [-0.1, -0.05) is 11.6 Å². The number of amides is 1. The summed E-state index contributed by atoms with van der Waals surface area (Å²) in [5.74, 6) is 1.53. The van der Waals surface area contributed by atoms with Gasteiger partial charge in [0.15, 0.2) is 5.82 Å². The van der Waals surface area contributed by atoms with Gasteiger partial charge in [-0.15, -0.1) is 0 Å². The molecule has 1 amide bonds. The summed E-state index contributed by atoms with van der Waals surface area (Å²) in [5.41, 5.74) is 2.24. The largest absolute Gasteiger partial charge is 0.339 e. The van der Waals surface area contributed by atoms with Crippen molar-refractivity contribution in [3.63, 3.8) is 0 Å². The van der Waals surface area contributed by atoms with E-state index < -0.39 is 0 Å². The Labute approximate surface area is 149 Å². The van der Waals surface area contributed by atoms with Crippen LogP contribution in [0.3, 0.4) is 0 Å². The smallest absolute Gasteiger partial charge is 0.272 e. The number of hydrogen-bond donors (Lipinski definition) is 1. The summed E-state index contributed by atoms with van der Waals surface area (Å²) in [6, 6.07) is 3.76. The van der Waals surface area contributed by atoms with Crippen molar-refractivity contribution in [1.82, 2.24) is 25.2 Å². The van der Waals surface area contributed by atoms with E-state index in [2.05, 4.69) is 20.3 Å². The molecular formula is C17H19N5O2S. The first kappa shape index (κ1) is 16.0. The van der Waals surface area contributed by atoms with Crippen LogP contribution in [0.2, 0.25) is 0 Å². The fourth-order valence-electron chi connectivity index (χ4n) is 2.81. The van der Waals surface area contributed by atoms with E-state index >= 15 is 0 Å². The predicted octanol–water partition coefficient (Wildman–Crippen LogP) is 3.45. The molecule has 0 atom stereocenters. The van der Waals surface area contributed by atoms with Crippen LogP contribution in [0.15, 0.2) is 27.4 Å². The van der Waals surface area contributed by atoms with E-state index in [0.29, 0.717) is 36.4 Å². The lowest BCUT2D eigenvalue weighted by molar-refractivity contribution is 0.0741. The molecule has 3 heterocycles. The minimum Gasteiger partial charge on any atom is -0.339 e. The number of nitrogens with one attached hydrogen (secondary N) is 1. The zero-order chi connectivity index (χ0) is 17.2. The second kappa shape index (κ2) is 6.79. The van der Waals surface area contributed by atoms with Gasteiger partial charge in [0.25, 0.3) is 5.91 Å². The van der Waals surface area contributed by atoms with Gasteiger partial charge in [0, 0.05) is 23.4 Å². The van der Waals surface area contributed by atoms with Gasteiger partial charge in [-0.05, 0) is 37.3 Å². The Morgan fingerprint density at radius 1 is 1.48 bits per heavy atom. The van der Waals surface area contributed by atoms with Gasteiger partial charge < -0.3 is 9.42 Å². The Hall–Kier alpha value is -2.48. The number of rotatable bonds is 6. The van der Waals surface area contributed by atoms with Crippen LogP contribution in [-0.4, -0.2) is 37.7 Å². The number of aromatic amines is 1. The maximum absolute atomic E-state index is 12.7. The molecule has 0 aromatic carbocycles. The Balaban J connectivity index is 1.46. The SMILES string of the molecule is CCN(Cc1noc(C2CCC2)n1)C(=O)c1cc(-c2ccsc2)n[nH]1. The topological polar surface area (TPSA) is 87.9 Å². The Bertz CT molecular complexity index is 850. The highest BCUT2D eigenvalue weighted by Crippen LogP contribution is 2.35. The Morgan fingerprint density at radius 2 is 2.36 bits per heavy atom. The van der Waals surface area contributed by atoms with E-state index in [1.165, 1.54) is 6.42 Å². The second-order valence-corrected chi connectivity index (χ2v) is 6.95. The van der Waals surface area contributed by atoms with Gasteiger partial charge in [-0.2, -0.15) is 21.4 Å². The first-order valence-corrected chi connectivity index (χ1v) is 9.38. The van der Waals surface area contributed by atoms with Gasteiger partial charge in [0.2, 0.25) is 5.89 Å². The normalized spacial score (nSPS) is 14.4. The van der Waals surface area contributed by atoms with Crippen molar-refractivity contribution in [2.24, 2.45) is 0 Å². The van der Waals surface area contributed by atoms with Crippen molar-refractivity contribution in [3.05, 3.63) is 40.3 Å². The standard InChI is InChI=1S/C17H19N5O2S/c1-2-22(9-15-18-16(24-21-15)11-4-3-5-11)17(23)14-8-13(19-20-14)12-6-7-25-10-12/h6-8,10-11H,2-5,9H2,1H3,(H,19,20). The lowest BCUT2D eigenvalue weighted by atomic mass is 9.85. The van der Waals surface area contributed by atoms with E-state index in [4.69, 9.17) is 4.52 Å². The number of H-pyrrole nitrogens is 1. The summed E-state index contributed by atoms with van der Waals surface area (Å²) in [5, 5.41) is 15.1. The van der Waals surface area contributed by atoms with Crippen molar-refractivity contribution in [3.8, 4) is 11.3 Å². The summed E-state index contributed by atoms with van der Waals surface area (Å²) >= 11 is 1.60. The number of carbonyl (C=O) groups is 1. The van der Waals surface area contributed by atoms with Crippen LogP contribution >= 0.6 is 11.3 Å². The van der Waals surface area contributed by atoms with Crippen molar-refractivity contribution in [1.29, 1.82) is 0 Å². The molecule has 0 bridgehead atoms. The fraction of sp³-hybridized carbons (Fsp3) is 0.412. The van der Waals surface area contributed by atoms with Crippen LogP contribution in [-0.2, 0) is 6.54 Å². The highest BCUT2D eigenvalue weighted by molar-refractivity contribution is 7.08. The first-order chi connectivity index (χ1) is 12.2. The molecule has 1 N–H and O–H groups in total. The minimum absolute atomic E-state index is 0.119. The van der Waals surface area contributed by atoms with Gasteiger partial charge in [-0.25, -0.2) is 0 Å². The molecule has 3 aromatic heterocycles. The molecule has 0 aliphatic heterocycles. The van der Waals surface area contributed by atoms with Crippen LogP contribution in [0.1, 0.15) is 54.3 Å². The molecule has 0 unspecified atom stereocenters. The highest BCUT2D eigenvalue weighted by atomic mass is 32.1. The third-order valence-electron chi connectivity index (χ3n) is 4.56. The van der Waals surface area contributed by atoms with Crippen molar-refractivity contribution >= 4 is 17.2 Å². The van der Waals surface area contributed by atoms with Crippen LogP contribution < -0.4 is 0 Å². The van der Waals surface area contributed by atoms with Crippen LogP contribution in [0, 0.1) is 0 Å². The van der Waals surface area contributed by atoms with Crippen molar-refractivity contribution < 1.29 is 9.32 Å². The zero-order valence-electron chi connectivity index (χ0n) is 13.9. The number of thiophene rings is 1. The van der Waals surface area contributed by atoms with Gasteiger partial charge in [0.05, 0.1) is 12.2 Å². The highest BCUT2D eigenvalue weighted by Gasteiger charge is 2.26. The van der Waals surface area contributed by atoms with Crippen molar-refractivity contribution in [2.75, 3.05) is 6.54 Å². The Morgan fingerprint density at radius 3 is 3.04 bits per heavy atom. The third kappa shape index (κ3) is 3.21. The summed E-state index contributed by atoms with van der Waals surface area (Å²) < 4.78 is 5.33. The molecule has 25 heavy (non-hydrogen) atoms. The summed E-state index contributed by atoms with van der Waals surface area (Å²) in [4.78, 5) is 18.9. The molecule has 1 aliphatic rings. The van der Waals surface area contributed by atoms with Crippen LogP contribution in [0.25, 0.3) is 11.3 Å². The van der Waals surface area contributed by atoms with Gasteiger partial charge in [0.1, 0.15) is 5.69 Å². The molecule has 1 saturated carbocycles. The van der Waals surface area contributed by atoms with Gasteiger partial charge in [-0.3, -0.25) is 9.89 Å². The maximum Gasteiger partial charge on any atom is 0.272 e. The third-order valence-corrected chi connectivity index (χ3v) is 5.25. The summed E-state index contributed by atoms with van der Waals surface area (Å²) in [6.07, 6.45) is 3.43. The van der Waals surface area contributed by atoms with E-state index in [1.807, 2.05) is 23.8 Å². The van der Waals surface area contributed by atoms with Crippen molar-refractivity contribution in [2.45, 2.75) is 38.6 Å². The molecule has 4 rings (SSSR count). The maximum atomic E-state index is 12.7. The molecular weight excluding hydrogens is 338 g/mol. The molecule has 1 fully saturated rings. The average Bonchev–Trinajstić information content (AvgIpc) is 3.30. The molecule has 1 aliphatic carbocycles. The lowest BCUT2D eigenvalue weighted by Crippen LogP contribution is -2.31. The summed E-state index contributed by atoms with van der Waals surface area (Å²) in [6.45, 7) is 2.82. The summed E-state index contributed by atoms with van der Waals surface area (Å²) in [7, 11) is 0. The van der Waals surface area contributed by atoms with E-state index in [-0.39, 0.29) is 5.91 Å². The number of carbonyl (C=O) groups excluding carboxylic acids is 1. The predicted molar refractivity (Wildman–Crippen MR) is 93.2 cm³/mol. The van der Waals surface area contributed by atoms with E-state index in [1.54, 1.807) is 22.3 Å². The molecule has 130 valence electrons. The first-order valence-electron chi connectivity index (χ1n) is 8.44. The molecule has 8 heteroatoms. The minimum atomic E-state index is -0.119. The number of aromatic nitrogens is 4. The molecule has 0 radical (unpaired) electrons. The van der Waals surface area contributed by atoms with E-state index in [9.17, 15) is 4.79 Å². The average molecular weight is 357 g/mol. The molecule has 0 spiro atoms. The fourth-order valence-corrected chi connectivity index (χ4v) is 3.46. The number of nitrogens with zero attached hydrogens (tertiary/aromatic N) is 4. The molecule has 3 aromatic rings. The number of hydrogen-bond acceptors (Lipinski definition) is 6. The monoisotopic (exact) mass is 357 g/mol. The zero-order valence-corrected chi connectivity index (χ0v) is 14.8. The quantitative estimate of drug-likeness (QED) is 0.730. The van der Waals surface area contributed by atoms with Crippen LogP contribution in [0.5, 0.6) is 0 Å². The van der Waals surface area contributed by atoms with Crippen LogP contribution in [0.4, 0.5) is 0 Å². The molecule has 0 saturated heterocycles. The van der Waals surface area contributed by atoms with E-state index in [0.717, 1.165) is 24.1 Å². The van der Waals surface area contributed by atoms with Gasteiger partial charge >= 0.3 is 0 Å². The second-order valence-electron chi connectivity index (χ2n) is 6.17. The lowest BCUT2D eigenvalue weighted by Gasteiger charge is -2.20. The Kier molecular flexibility index (Phi) is 4.35.